The maximum Gasteiger partial charge on any atom is -0.00489 e. The van der Waals surface area contributed by atoms with Crippen LogP contribution in [0.5, 0.6) is 0 Å². The van der Waals surface area contributed by atoms with Crippen molar-refractivity contribution in [1.29, 1.82) is 0 Å². The van der Waals surface area contributed by atoms with Crippen LogP contribution in [0.4, 0.5) is 0 Å². The summed E-state index contributed by atoms with van der Waals surface area (Å²) in [5, 5.41) is 0. The van der Waals surface area contributed by atoms with Crippen molar-refractivity contribution in [2.45, 2.75) is 44.4 Å². The molecule has 0 aromatic heterocycles. The summed E-state index contributed by atoms with van der Waals surface area (Å²) < 4.78 is 0. The minimum atomic E-state index is 0.437. The molecule has 1 fully saturated rings. The molecule has 0 heterocycles. The van der Waals surface area contributed by atoms with Crippen LogP contribution in [0.3, 0.4) is 0 Å². The lowest BCUT2D eigenvalue weighted by Gasteiger charge is -2.40. The SMILES string of the molecule is CCC1(c2ccccc2)CCC(CN)CC1. The third kappa shape index (κ3) is 2.15. The second kappa shape index (κ2) is 5.01. The Morgan fingerprint density at radius 3 is 2.31 bits per heavy atom. The molecule has 1 nitrogen and oxygen atoms in total. The molecular weight excluding hydrogens is 194 g/mol. The van der Waals surface area contributed by atoms with Crippen molar-refractivity contribution in [3.63, 3.8) is 0 Å². The van der Waals surface area contributed by atoms with Gasteiger partial charge in [-0.05, 0) is 55.5 Å². The van der Waals surface area contributed by atoms with Crippen LogP contribution in [-0.4, -0.2) is 6.54 Å². The van der Waals surface area contributed by atoms with Gasteiger partial charge < -0.3 is 5.73 Å². The summed E-state index contributed by atoms with van der Waals surface area (Å²) >= 11 is 0. The van der Waals surface area contributed by atoms with Gasteiger partial charge in [0.1, 0.15) is 0 Å². The summed E-state index contributed by atoms with van der Waals surface area (Å²) in [6.45, 7) is 3.20. The predicted octanol–water partition coefficient (Wildman–Crippen LogP) is 3.48. The molecule has 1 saturated carbocycles. The van der Waals surface area contributed by atoms with Crippen LogP contribution in [-0.2, 0) is 5.41 Å². The van der Waals surface area contributed by atoms with Gasteiger partial charge in [-0.1, -0.05) is 37.3 Å². The normalized spacial score (nSPS) is 30.2. The zero-order valence-corrected chi connectivity index (χ0v) is 10.3. The second-order valence-electron chi connectivity index (χ2n) is 5.18. The predicted molar refractivity (Wildman–Crippen MR) is 69.4 cm³/mol. The van der Waals surface area contributed by atoms with E-state index in [2.05, 4.69) is 37.3 Å². The van der Waals surface area contributed by atoms with Crippen molar-refractivity contribution in [3.05, 3.63) is 35.9 Å². The summed E-state index contributed by atoms with van der Waals surface area (Å²) in [6.07, 6.45) is 6.50. The molecule has 16 heavy (non-hydrogen) atoms. The fraction of sp³-hybridized carbons (Fsp3) is 0.600. The number of hydrogen-bond donors (Lipinski definition) is 1. The highest BCUT2D eigenvalue weighted by Crippen LogP contribution is 2.43. The fourth-order valence-electron chi connectivity index (χ4n) is 3.10. The van der Waals surface area contributed by atoms with E-state index in [4.69, 9.17) is 5.73 Å². The molecule has 0 amide bonds. The largest absolute Gasteiger partial charge is 0.330 e. The molecule has 1 aromatic carbocycles. The molecule has 2 rings (SSSR count). The summed E-state index contributed by atoms with van der Waals surface area (Å²) in [5.74, 6) is 0.767. The monoisotopic (exact) mass is 217 g/mol. The molecule has 2 N–H and O–H groups in total. The Morgan fingerprint density at radius 2 is 1.81 bits per heavy atom. The molecule has 0 spiro atoms. The first-order valence-electron chi connectivity index (χ1n) is 6.56. The Balaban J connectivity index is 2.16. The Labute approximate surface area is 99.0 Å². The van der Waals surface area contributed by atoms with Gasteiger partial charge >= 0.3 is 0 Å². The lowest BCUT2D eigenvalue weighted by Crippen LogP contribution is -2.33. The van der Waals surface area contributed by atoms with Gasteiger partial charge in [-0.25, -0.2) is 0 Å². The minimum Gasteiger partial charge on any atom is -0.330 e. The molecule has 1 heteroatoms. The van der Waals surface area contributed by atoms with Crippen molar-refractivity contribution in [2.75, 3.05) is 6.54 Å². The highest BCUT2D eigenvalue weighted by molar-refractivity contribution is 5.25. The molecular formula is C15H23N. The standard InChI is InChI=1S/C15H23N/c1-2-15(14-6-4-3-5-7-14)10-8-13(12-16)9-11-15/h3-7,13H,2,8-12,16H2,1H3. The lowest BCUT2D eigenvalue weighted by molar-refractivity contribution is 0.227. The Hall–Kier alpha value is -0.820. The lowest BCUT2D eigenvalue weighted by atomic mass is 9.65. The molecule has 0 saturated heterocycles. The third-order valence-corrected chi connectivity index (χ3v) is 4.46. The molecule has 0 bridgehead atoms. The van der Waals surface area contributed by atoms with Gasteiger partial charge in [0, 0.05) is 0 Å². The molecule has 1 aliphatic carbocycles. The molecule has 0 radical (unpaired) electrons. The third-order valence-electron chi connectivity index (χ3n) is 4.46. The topological polar surface area (TPSA) is 26.0 Å². The molecule has 1 aliphatic rings. The summed E-state index contributed by atoms with van der Waals surface area (Å²) in [4.78, 5) is 0. The van der Waals surface area contributed by atoms with E-state index in [0.717, 1.165) is 12.5 Å². The first kappa shape index (κ1) is 11.7. The van der Waals surface area contributed by atoms with Gasteiger partial charge in [0.2, 0.25) is 0 Å². The van der Waals surface area contributed by atoms with E-state index in [0.29, 0.717) is 5.41 Å². The number of rotatable bonds is 3. The van der Waals surface area contributed by atoms with Gasteiger partial charge in [-0.3, -0.25) is 0 Å². The first-order chi connectivity index (χ1) is 7.80. The quantitative estimate of drug-likeness (QED) is 0.824. The van der Waals surface area contributed by atoms with Gasteiger partial charge in [-0.2, -0.15) is 0 Å². The first-order valence-corrected chi connectivity index (χ1v) is 6.56. The van der Waals surface area contributed by atoms with E-state index < -0.39 is 0 Å². The summed E-state index contributed by atoms with van der Waals surface area (Å²) in [6, 6.07) is 11.0. The minimum absolute atomic E-state index is 0.437. The van der Waals surface area contributed by atoms with Gasteiger partial charge in [0.05, 0.1) is 0 Å². The van der Waals surface area contributed by atoms with E-state index in [1.54, 1.807) is 0 Å². The zero-order chi connectivity index (χ0) is 11.4. The molecule has 0 unspecified atom stereocenters. The second-order valence-corrected chi connectivity index (χ2v) is 5.18. The average Bonchev–Trinajstić information content (AvgIpc) is 2.40. The van der Waals surface area contributed by atoms with Crippen LogP contribution in [0.25, 0.3) is 0 Å². The number of benzene rings is 1. The average molecular weight is 217 g/mol. The fourth-order valence-corrected chi connectivity index (χ4v) is 3.10. The van der Waals surface area contributed by atoms with Gasteiger partial charge in [0.25, 0.3) is 0 Å². The highest BCUT2D eigenvalue weighted by Gasteiger charge is 2.34. The zero-order valence-electron chi connectivity index (χ0n) is 10.3. The van der Waals surface area contributed by atoms with Crippen LogP contribution in [0.2, 0.25) is 0 Å². The number of nitrogens with two attached hydrogens (primary N) is 1. The van der Waals surface area contributed by atoms with E-state index in [-0.39, 0.29) is 0 Å². The molecule has 0 atom stereocenters. The van der Waals surface area contributed by atoms with Crippen molar-refractivity contribution in [1.82, 2.24) is 0 Å². The van der Waals surface area contributed by atoms with Crippen molar-refractivity contribution in [3.8, 4) is 0 Å². The van der Waals surface area contributed by atoms with E-state index in [1.165, 1.54) is 37.7 Å². The van der Waals surface area contributed by atoms with E-state index in [9.17, 15) is 0 Å². The van der Waals surface area contributed by atoms with Crippen molar-refractivity contribution in [2.24, 2.45) is 11.7 Å². The van der Waals surface area contributed by atoms with Crippen LogP contribution in [0, 0.1) is 5.92 Å². The highest BCUT2D eigenvalue weighted by atomic mass is 14.6. The Bertz CT molecular complexity index is 309. The molecule has 88 valence electrons. The smallest absolute Gasteiger partial charge is 0.00489 e. The number of hydrogen-bond acceptors (Lipinski definition) is 1. The van der Waals surface area contributed by atoms with Gasteiger partial charge in [0.15, 0.2) is 0 Å². The Morgan fingerprint density at radius 1 is 1.19 bits per heavy atom. The molecule has 1 aromatic rings. The van der Waals surface area contributed by atoms with E-state index in [1.807, 2.05) is 0 Å². The summed E-state index contributed by atoms with van der Waals surface area (Å²) in [7, 11) is 0. The van der Waals surface area contributed by atoms with Crippen LogP contribution in [0.15, 0.2) is 30.3 Å². The molecule has 0 aliphatic heterocycles. The van der Waals surface area contributed by atoms with Crippen LogP contribution in [0.1, 0.15) is 44.6 Å². The van der Waals surface area contributed by atoms with E-state index >= 15 is 0 Å². The van der Waals surface area contributed by atoms with Gasteiger partial charge in [-0.15, -0.1) is 0 Å². The van der Waals surface area contributed by atoms with Crippen LogP contribution >= 0.6 is 0 Å². The van der Waals surface area contributed by atoms with Crippen molar-refractivity contribution < 1.29 is 0 Å². The Kier molecular flexibility index (Phi) is 3.65. The van der Waals surface area contributed by atoms with Crippen molar-refractivity contribution >= 4 is 0 Å². The summed E-state index contributed by atoms with van der Waals surface area (Å²) in [5.41, 5.74) is 7.74. The maximum atomic E-state index is 5.77. The maximum absolute atomic E-state index is 5.77. The van der Waals surface area contributed by atoms with Crippen LogP contribution < -0.4 is 5.73 Å².